The Bertz CT molecular complexity index is 208. The first-order chi connectivity index (χ1) is 7.04. The molecule has 0 unspecified atom stereocenters. The van der Waals surface area contributed by atoms with Crippen LogP contribution in [0.15, 0.2) is 0 Å². The second-order valence-corrected chi connectivity index (χ2v) is 5.06. The van der Waals surface area contributed by atoms with E-state index in [2.05, 4.69) is 24.5 Å². The maximum absolute atomic E-state index is 11.2. The lowest BCUT2D eigenvalue weighted by Gasteiger charge is -2.38. The number of nitrogens with one attached hydrogen (secondary N) is 2. The van der Waals surface area contributed by atoms with E-state index in [9.17, 15) is 4.79 Å². The van der Waals surface area contributed by atoms with Gasteiger partial charge < -0.3 is 10.6 Å². The van der Waals surface area contributed by atoms with Gasteiger partial charge in [0.05, 0.1) is 5.54 Å². The number of carbonyl (C=O) groups excluding carboxylic acids is 1. The van der Waals surface area contributed by atoms with Crippen molar-refractivity contribution in [1.29, 1.82) is 0 Å². The maximum Gasteiger partial charge on any atom is 0.217 e. The van der Waals surface area contributed by atoms with Gasteiger partial charge in [-0.15, -0.1) is 0 Å². The topological polar surface area (TPSA) is 41.1 Å². The largest absolute Gasteiger partial charge is 0.350 e. The summed E-state index contributed by atoms with van der Waals surface area (Å²) in [7, 11) is 0. The van der Waals surface area contributed by atoms with Crippen molar-refractivity contribution in [1.82, 2.24) is 10.6 Å². The second-order valence-electron chi connectivity index (χ2n) is 5.06. The van der Waals surface area contributed by atoms with E-state index in [0.717, 1.165) is 19.4 Å². The molecule has 0 bridgehead atoms. The lowest BCUT2D eigenvalue weighted by Crippen LogP contribution is -2.56. The first-order valence-electron chi connectivity index (χ1n) is 6.06. The van der Waals surface area contributed by atoms with Crippen molar-refractivity contribution in [3.05, 3.63) is 0 Å². The van der Waals surface area contributed by atoms with E-state index >= 15 is 0 Å². The summed E-state index contributed by atoms with van der Waals surface area (Å²) in [5.74, 6) is 0.0995. The number of hydrogen-bond acceptors (Lipinski definition) is 2. The molecular formula is C12H24N2O. The van der Waals surface area contributed by atoms with Gasteiger partial charge >= 0.3 is 0 Å². The van der Waals surface area contributed by atoms with Crippen LogP contribution < -0.4 is 10.6 Å². The van der Waals surface area contributed by atoms with Crippen molar-refractivity contribution < 1.29 is 4.79 Å². The molecule has 1 rings (SSSR count). The number of hydrogen-bond donors (Lipinski definition) is 2. The minimum atomic E-state index is 0.0222. The fourth-order valence-corrected chi connectivity index (χ4v) is 2.35. The molecule has 0 aliphatic heterocycles. The molecular weight excluding hydrogens is 188 g/mol. The molecule has 2 N–H and O–H groups in total. The second kappa shape index (κ2) is 5.50. The molecule has 15 heavy (non-hydrogen) atoms. The summed E-state index contributed by atoms with van der Waals surface area (Å²) in [6.07, 6.45) is 6.02. The van der Waals surface area contributed by atoms with E-state index in [1.807, 2.05) is 0 Å². The summed E-state index contributed by atoms with van der Waals surface area (Å²) in [5, 5.41) is 6.60. The molecule has 0 aromatic carbocycles. The molecule has 0 aromatic heterocycles. The summed E-state index contributed by atoms with van der Waals surface area (Å²) >= 11 is 0. The van der Waals surface area contributed by atoms with Gasteiger partial charge in [-0.1, -0.05) is 33.1 Å². The van der Waals surface area contributed by atoms with E-state index in [1.165, 1.54) is 19.3 Å². The van der Waals surface area contributed by atoms with Gasteiger partial charge in [0.2, 0.25) is 5.91 Å². The molecule has 1 saturated carbocycles. The Balaban J connectivity index is 2.53. The van der Waals surface area contributed by atoms with Gasteiger partial charge in [0.1, 0.15) is 0 Å². The van der Waals surface area contributed by atoms with Gasteiger partial charge in [-0.3, -0.25) is 4.79 Å². The molecule has 1 aliphatic rings. The van der Waals surface area contributed by atoms with Crippen LogP contribution in [0.3, 0.4) is 0 Å². The highest BCUT2D eigenvalue weighted by Gasteiger charge is 2.32. The number of rotatable bonds is 4. The van der Waals surface area contributed by atoms with Gasteiger partial charge in [0, 0.05) is 19.5 Å². The summed E-state index contributed by atoms with van der Waals surface area (Å²) in [6.45, 7) is 6.81. The summed E-state index contributed by atoms with van der Waals surface area (Å²) in [5.41, 5.74) is 0.0222. The normalized spacial score (nSPS) is 20.3. The zero-order valence-electron chi connectivity index (χ0n) is 10.2. The van der Waals surface area contributed by atoms with Crippen LogP contribution in [0.5, 0.6) is 0 Å². The number of carbonyl (C=O) groups is 1. The quantitative estimate of drug-likeness (QED) is 0.746. The Morgan fingerprint density at radius 3 is 2.33 bits per heavy atom. The highest BCUT2D eigenvalue weighted by molar-refractivity contribution is 5.73. The number of amides is 1. The fraction of sp³-hybridized carbons (Fsp3) is 0.917. The van der Waals surface area contributed by atoms with Crippen LogP contribution in [0.2, 0.25) is 0 Å². The minimum absolute atomic E-state index is 0.0222. The van der Waals surface area contributed by atoms with Crippen molar-refractivity contribution in [2.75, 3.05) is 6.54 Å². The Morgan fingerprint density at radius 2 is 1.87 bits per heavy atom. The molecule has 0 spiro atoms. The smallest absolute Gasteiger partial charge is 0.217 e. The highest BCUT2D eigenvalue weighted by atomic mass is 16.1. The molecule has 0 saturated heterocycles. The molecule has 3 nitrogen and oxygen atoms in total. The summed E-state index contributed by atoms with van der Waals surface area (Å²) in [4.78, 5) is 11.2. The zero-order valence-corrected chi connectivity index (χ0v) is 10.2. The van der Waals surface area contributed by atoms with Crippen LogP contribution in [0, 0.1) is 0 Å². The molecule has 0 aromatic rings. The van der Waals surface area contributed by atoms with Crippen molar-refractivity contribution in [3.8, 4) is 0 Å². The molecule has 1 amide bonds. The van der Waals surface area contributed by atoms with Crippen LogP contribution >= 0.6 is 0 Å². The Kier molecular flexibility index (Phi) is 4.58. The molecule has 3 heteroatoms. The van der Waals surface area contributed by atoms with Gasteiger partial charge in [-0.2, -0.15) is 0 Å². The van der Waals surface area contributed by atoms with Crippen LogP contribution in [-0.2, 0) is 4.79 Å². The molecule has 0 atom stereocenters. The predicted molar refractivity (Wildman–Crippen MR) is 62.8 cm³/mol. The Hall–Kier alpha value is -0.570. The van der Waals surface area contributed by atoms with Crippen molar-refractivity contribution in [3.63, 3.8) is 0 Å². The molecule has 0 radical (unpaired) electrons. The molecule has 1 fully saturated rings. The van der Waals surface area contributed by atoms with E-state index in [1.54, 1.807) is 6.92 Å². The third-order valence-corrected chi connectivity index (χ3v) is 3.10. The first kappa shape index (κ1) is 12.5. The van der Waals surface area contributed by atoms with Crippen molar-refractivity contribution >= 4 is 5.91 Å². The van der Waals surface area contributed by atoms with E-state index in [-0.39, 0.29) is 11.4 Å². The van der Waals surface area contributed by atoms with Crippen LogP contribution in [0.25, 0.3) is 0 Å². The average Bonchev–Trinajstić information content (AvgIpc) is 2.15. The Labute approximate surface area is 93.0 Å². The molecule has 0 heterocycles. The predicted octanol–water partition coefficient (Wildman–Crippen LogP) is 1.82. The summed E-state index contributed by atoms with van der Waals surface area (Å²) < 4.78 is 0. The first-order valence-corrected chi connectivity index (χ1v) is 6.06. The van der Waals surface area contributed by atoms with E-state index in [0.29, 0.717) is 6.04 Å². The lowest BCUT2D eigenvalue weighted by atomic mass is 9.81. The lowest BCUT2D eigenvalue weighted by molar-refractivity contribution is -0.121. The fourth-order valence-electron chi connectivity index (χ4n) is 2.35. The van der Waals surface area contributed by atoms with Gasteiger partial charge in [0.25, 0.3) is 0 Å². The monoisotopic (exact) mass is 212 g/mol. The van der Waals surface area contributed by atoms with Gasteiger partial charge in [-0.05, 0) is 12.8 Å². The van der Waals surface area contributed by atoms with Crippen molar-refractivity contribution in [2.45, 2.75) is 64.5 Å². The zero-order chi connectivity index (χ0) is 11.3. The third kappa shape index (κ3) is 4.20. The maximum atomic E-state index is 11.2. The average molecular weight is 212 g/mol. The highest BCUT2D eigenvalue weighted by Crippen LogP contribution is 2.27. The SMILES string of the molecule is CC(=O)NC1(CNC(C)C)CCCCC1. The minimum Gasteiger partial charge on any atom is -0.350 e. The van der Waals surface area contributed by atoms with E-state index in [4.69, 9.17) is 0 Å². The van der Waals surface area contributed by atoms with E-state index < -0.39 is 0 Å². The van der Waals surface area contributed by atoms with Gasteiger partial charge in [0.15, 0.2) is 0 Å². The van der Waals surface area contributed by atoms with Crippen LogP contribution in [0.1, 0.15) is 52.9 Å². The van der Waals surface area contributed by atoms with Crippen LogP contribution in [0.4, 0.5) is 0 Å². The Morgan fingerprint density at radius 1 is 1.27 bits per heavy atom. The summed E-state index contributed by atoms with van der Waals surface area (Å²) in [6, 6.07) is 0.484. The standard InChI is InChI=1S/C12H24N2O/c1-10(2)13-9-12(14-11(3)15)7-5-4-6-8-12/h10,13H,4-9H2,1-3H3,(H,14,15). The van der Waals surface area contributed by atoms with Crippen molar-refractivity contribution in [2.24, 2.45) is 0 Å². The molecule has 1 aliphatic carbocycles. The molecule has 88 valence electrons. The van der Waals surface area contributed by atoms with Crippen LogP contribution in [-0.4, -0.2) is 24.0 Å². The van der Waals surface area contributed by atoms with Gasteiger partial charge in [-0.25, -0.2) is 0 Å². The third-order valence-electron chi connectivity index (χ3n) is 3.10.